The van der Waals surface area contributed by atoms with Gasteiger partial charge in [-0.15, -0.1) is 0 Å². The summed E-state index contributed by atoms with van der Waals surface area (Å²) >= 11 is 0. The average Bonchev–Trinajstić information content (AvgIpc) is 3.36. The fourth-order valence-corrected chi connectivity index (χ4v) is 6.12. The lowest BCUT2D eigenvalue weighted by Gasteiger charge is -2.47. The number of cyclic esters (lactones) is 1. The molecule has 0 aliphatic carbocycles. The van der Waals surface area contributed by atoms with Gasteiger partial charge in [0.2, 0.25) is 18.1 Å². The Balaban J connectivity index is 1.30. The second-order valence-corrected chi connectivity index (χ2v) is 11.2. The van der Waals surface area contributed by atoms with Crippen LogP contribution in [0.5, 0.6) is 0 Å². The van der Waals surface area contributed by atoms with Crippen molar-refractivity contribution in [2.24, 2.45) is 0 Å². The maximum atomic E-state index is 14.2. The Morgan fingerprint density at radius 2 is 1.57 bits per heavy atom. The monoisotopic (exact) mass is 596 g/mol. The molecule has 11 nitrogen and oxygen atoms in total. The van der Waals surface area contributed by atoms with Gasteiger partial charge in [-0.1, -0.05) is 66.7 Å². The van der Waals surface area contributed by atoms with Crippen LogP contribution in [0.25, 0.3) is 10.8 Å². The number of carbonyl (C=O) groups excluding carboxylic acids is 5. The van der Waals surface area contributed by atoms with Gasteiger partial charge in [0.1, 0.15) is 18.1 Å². The first kappa shape index (κ1) is 29.1. The van der Waals surface area contributed by atoms with E-state index in [0.717, 1.165) is 10.8 Å². The summed E-state index contributed by atoms with van der Waals surface area (Å²) < 4.78 is 4.78. The first-order valence-electron chi connectivity index (χ1n) is 14.6. The van der Waals surface area contributed by atoms with Crippen molar-refractivity contribution in [1.29, 1.82) is 0 Å². The summed E-state index contributed by atoms with van der Waals surface area (Å²) in [4.78, 5) is 69.8. The van der Waals surface area contributed by atoms with Crippen LogP contribution < -0.4 is 10.6 Å². The second kappa shape index (κ2) is 12.3. The molecule has 2 unspecified atom stereocenters. The van der Waals surface area contributed by atoms with Gasteiger partial charge < -0.3 is 30.3 Å². The zero-order chi connectivity index (χ0) is 30.8. The summed E-state index contributed by atoms with van der Waals surface area (Å²) in [5.74, 6) is -2.47. The molecule has 0 bridgehead atoms. The van der Waals surface area contributed by atoms with E-state index in [-0.39, 0.29) is 31.8 Å². The molecule has 0 spiro atoms. The van der Waals surface area contributed by atoms with Crippen LogP contribution in [0.4, 0.5) is 0 Å². The number of ether oxygens (including phenoxy) is 1. The summed E-state index contributed by atoms with van der Waals surface area (Å²) in [6.45, 7) is 0.0539. The van der Waals surface area contributed by atoms with Crippen molar-refractivity contribution >= 4 is 40.4 Å². The predicted octanol–water partition coefficient (Wildman–Crippen LogP) is 1.76. The number of esters is 1. The number of fused-ring (bicyclic) bond motifs is 2. The molecule has 3 aliphatic heterocycles. The molecule has 3 aliphatic rings. The third-order valence-electron chi connectivity index (χ3n) is 8.31. The minimum atomic E-state index is -1.52. The van der Waals surface area contributed by atoms with Crippen LogP contribution in [0.1, 0.15) is 40.0 Å². The molecular weight excluding hydrogens is 564 g/mol. The number of aliphatic hydroxyl groups is 1. The van der Waals surface area contributed by atoms with Gasteiger partial charge >= 0.3 is 5.97 Å². The third kappa shape index (κ3) is 5.78. The van der Waals surface area contributed by atoms with Crippen LogP contribution in [0.15, 0.2) is 84.9 Å². The smallest absolute Gasteiger partial charge is 0.310 e. The molecule has 3 N–H and O–H groups in total. The Morgan fingerprint density at radius 1 is 0.841 bits per heavy atom. The number of nitrogens with one attached hydrogen (secondary N) is 2. The number of hydrogen-bond acceptors (Lipinski definition) is 7. The number of carbonyl (C=O) groups is 5. The van der Waals surface area contributed by atoms with Crippen LogP contribution >= 0.6 is 0 Å². The summed E-state index contributed by atoms with van der Waals surface area (Å²) in [6, 6.07) is 17.8. The van der Waals surface area contributed by atoms with E-state index in [4.69, 9.17) is 4.74 Å². The van der Waals surface area contributed by atoms with Gasteiger partial charge in [-0.25, -0.2) is 0 Å². The van der Waals surface area contributed by atoms with Crippen LogP contribution in [0.3, 0.4) is 0 Å². The SMILES string of the molecule is O=C1CC(NC(=O)[C@@H]2CN(C(=O)c3ccccc3)C[C@@H]3C/C=C\C[C@H](NC(=O)c4cccc5ccccc45)C(=O)N32)C(O)O1. The molecule has 0 saturated carbocycles. The fourth-order valence-electron chi connectivity index (χ4n) is 6.12. The molecule has 0 radical (unpaired) electrons. The fraction of sp³-hybridized carbons (Fsp3) is 0.303. The molecule has 2 fully saturated rings. The van der Waals surface area contributed by atoms with Crippen LogP contribution in [0, 0.1) is 0 Å². The van der Waals surface area contributed by atoms with E-state index < -0.39 is 54.1 Å². The first-order valence-corrected chi connectivity index (χ1v) is 14.6. The highest BCUT2D eigenvalue weighted by molar-refractivity contribution is 6.08. The van der Waals surface area contributed by atoms with Gasteiger partial charge in [-0.3, -0.25) is 24.0 Å². The van der Waals surface area contributed by atoms with E-state index in [1.807, 2.05) is 42.5 Å². The average molecular weight is 597 g/mol. The highest BCUT2D eigenvalue weighted by Crippen LogP contribution is 2.26. The lowest BCUT2D eigenvalue weighted by Crippen LogP contribution is -2.68. The highest BCUT2D eigenvalue weighted by atomic mass is 16.6. The Hall–Kier alpha value is -5.03. The molecule has 6 rings (SSSR count). The molecule has 226 valence electrons. The van der Waals surface area contributed by atoms with Gasteiger partial charge in [0.15, 0.2) is 0 Å². The van der Waals surface area contributed by atoms with Gasteiger partial charge in [0.25, 0.3) is 11.8 Å². The van der Waals surface area contributed by atoms with Gasteiger partial charge in [0, 0.05) is 17.7 Å². The summed E-state index contributed by atoms with van der Waals surface area (Å²) in [6.07, 6.45) is 2.56. The van der Waals surface area contributed by atoms with E-state index in [1.54, 1.807) is 47.4 Å². The third-order valence-corrected chi connectivity index (χ3v) is 8.31. The van der Waals surface area contributed by atoms with Crippen molar-refractivity contribution in [3.8, 4) is 0 Å². The number of aliphatic hydroxyl groups excluding tert-OH is 1. The second-order valence-electron chi connectivity index (χ2n) is 11.2. The molecule has 11 heteroatoms. The largest absolute Gasteiger partial charge is 0.434 e. The predicted molar refractivity (Wildman–Crippen MR) is 159 cm³/mol. The molecule has 3 aromatic carbocycles. The molecule has 3 aromatic rings. The zero-order valence-electron chi connectivity index (χ0n) is 23.8. The van der Waals surface area contributed by atoms with Gasteiger partial charge in [0.05, 0.1) is 19.0 Å². The Bertz CT molecular complexity index is 1640. The number of hydrogen-bond donors (Lipinski definition) is 3. The number of nitrogens with zero attached hydrogens (tertiary/aromatic N) is 2. The van der Waals surface area contributed by atoms with Gasteiger partial charge in [-0.05, 0) is 41.8 Å². The lowest BCUT2D eigenvalue weighted by atomic mass is 9.95. The van der Waals surface area contributed by atoms with Crippen molar-refractivity contribution in [2.75, 3.05) is 13.1 Å². The topological polar surface area (TPSA) is 145 Å². The van der Waals surface area contributed by atoms with E-state index in [1.165, 1.54) is 4.90 Å². The summed E-state index contributed by atoms with van der Waals surface area (Å²) in [5.41, 5.74) is 0.865. The molecule has 4 amide bonds. The lowest BCUT2D eigenvalue weighted by molar-refractivity contribution is -0.156. The van der Waals surface area contributed by atoms with Crippen molar-refractivity contribution in [3.05, 3.63) is 96.1 Å². The van der Waals surface area contributed by atoms with E-state index in [0.29, 0.717) is 17.5 Å². The first-order chi connectivity index (χ1) is 21.3. The molecular formula is C33H32N4O7. The molecule has 2 saturated heterocycles. The molecule has 3 heterocycles. The minimum Gasteiger partial charge on any atom is -0.434 e. The molecule has 44 heavy (non-hydrogen) atoms. The van der Waals surface area contributed by atoms with E-state index in [9.17, 15) is 29.1 Å². The van der Waals surface area contributed by atoms with Crippen molar-refractivity contribution in [3.63, 3.8) is 0 Å². The Morgan fingerprint density at radius 3 is 2.34 bits per heavy atom. The summed E-state index contributed by atoms with van der Waals surface area (Å²) in [7, 11) is 0. The molecule has 5 atom stereocenters. The van der Waals surface area contributed by atoms with Crippen LogP contribution in [-0.4, -0.2) is 88.1 Å². The number of rotatable bonds is 5. The minimum absolute atomic E-state index is 0.118. The Kier molecular flexibility index (Phi) is 8.12. The maximum Gasteiger partial charge on any atom is 0.310 e. The van der Waals surface area contributed by atoms with Crippen molar-refractivity contribution < 1.29 is 33.8 Å². The number of benzene rings is 3. The quantitative estimate of drug-likeness (QED) is 0.301. The maximum absolute atomic E-state index is 14.2. The summed E-state index contributed by atoms with van der Waals surface area (Å²) in [5, 5.41) is 17.3. The number of amides is 4. The highest BCUT2D eigenvalue weighted by Gasteiger charge is 2.46. The van der Waals surface area contributed by atoms with Crippen molar-refractivity contribution in [2.45, 2.75) is 49.7 Å². The normalized spacial score (nSPS) is 25.8. The van der Waals surface area contributed by atoms with Crippen LogP contribution in [-0.2, 0) is 19.1 Å². The van der Waals surface area contributed by atoms with E-state index >= 15 is 0 Å². The molecule has 0 aromatic heterocycles. The van der Waals surface area contributed by atoms with E-state index in [2.05, 4.69) is 10.6 Å². The van der Waals surface area contributed by atoms with Crippen LogP contribution in [0.2, 0.25) is 0 Å². The Labute approximate surface area is 253 Å². The van der Waals surface area contributed by atoms with Crippen molar-refractivity contribution in [1.82, 2.24) is 20.4 Å². The standard InChI is InChI=1S/C33H32N4O7/c38-28-17-26(33(43)44-28)35-30(40)27-19-36(31(41)21-10-2-1-3-11-21)18-22-13-5-7-16-25(32(42)37(22)27)34-29(39)24-15-8-12-20-9-4-6-14-23(20)24/h1-12,14-15,22,25-27,33,43H,13,16-19H2,(H,34,39)(H,35,40)/b7-5-/t22-,25-,26?,27-,33?/m0/s1. The zero-order valence-corrected chi connectivity index (χ0v) is 23.8. The number of piperazine rings is 1. The van der Waals surface area contributed by atoms with Gasteiger partial charge in [-0.2, -0.15) is 0 Å².